The maximum atomic E-state index is 14.0. The number of amides is 4. The van der Waals surface area contributed by atoms with Gasteiger partial charge in [-0.15, -0.1) is 0 Å². The molecule has 0 radical (unpaired) electrons. The van der Waals surface area contributed by atoms with E-state index in [2.05, 4.69) is 0 Å². The van der Waals surface area contributed by atoms with Crippen LogP contribution in [0.1, 0.15) is 66.5 Å². The molecule has 0 aliphatic heterocycles. The van der Waals surface area contributed by atoms with Crippen molar-refractivity contribution in [1.82, 2.24) is 19.6 Å². The summed E-state index contributed by atoms with van der Waals surface area (Å²) in [4.78, 5) is 62.8. The van der Waals surface area contributed by atoms with Crippen LogP contribution in [0.15, 0.2) is 48.5 Å². The third-order valence-corrected chi connectivity index (χ3v) is 9.46. The lowest BCUT2D eigenvalue weighted by atomic mass is 9.83. The van der Waals surface area contributed by atoms with Crippen molar-refractivity contribution in [2.75, 3.05) is 52.4 Å². The third kappa shape index (κ3) is 7.54. The third-order valence-electron chi connectivity index (χ3n) is 9.46. The normalized spacial score (nSPS) is 11.3. The van der Waals surface area contributed by atoms with Gasteiger partial charge in [-0.05, 0) is 101 Å². The molecule has 250 valence electrons. The fourth-order valence-electron chi connectivity index (χ4n) is 6.74. The van der Waals surface area contributed by atoms with E-state index in [-0.39, 0.29) is 36.5 Å². The van der Waals surface area contributed by atoms with E-state index in [1.54, 1.807) is 19.6 Å². The van der Waals surface area contributed by atoms with Gasteiger partial charge < -0.3 is 19.6 Å². The zero-order valence-corrected chi connectivity index (χ0v) is 29.3. The lowest BCUT2D eigenvalue weighted by Gasteiger charge is -2.30. The summed E-state index contributed by atoms with van der Waals surface area (Å²) in [6.07, 6.45) is 0.512. The summed E-state index contributed by atoms with van der Waals surface area (Å²) in [6.45, 7) is 19.7. The molecule has 0 spiro atoms. The maximum Gasteiger partial charge on any atom is 0.235 e. The number of rotatable bonds is 16. The predicted molar refractivity (Wildman–Crippen MR) is 188 cm³/mol. The van der Waals surface area contributed by atoms with Crippen molar-refractivity contribution in [1.29, 1.82) is 0 Å². The van der Waals surface area contributed by atoms with Gasteiger partial charge in [-0.3, -0.25) is 19.2 Å². The number of benzene rings is 3. The number of nitrogens with zero attached hydrogens (tertiary/aromatic N) is 4. The van der Waals surface area contributed by atoms with Crippen LogP contribution in [0.25, 0.3) is 21.5 Å². The van der Waals surface area contributed by atoms with Crippen LogP contribution in [-0.2, 0) is 32.0 Å². The van der Waals surface area contributed by atoms with Gasteiger partial charge in [0.25, 0.3) is 0 Å². The molecule has 0 aromatic heterocycles. The highest BCUT2D eigenvalue weighted by Crippen LogP contribution is 2.37. The van der Waals surface area contributed by atoms with Crippen LogP contribution >= 0.6 is 0 Å². The van der Waals surface area contributed by atoms with Gasteiger partial charge in [-0.2, -0.15) is 0 Å². The Morgan fingerprint density at radius 3 is 0.783 bits per heavy atom. The zero-order chi connectivity index (χ0) is 34.0. The first-order chi connectivity index (χ1) is 22.2. The van der Waals surface area contributed by atoms with Crippen LogP contribution in [0.3, 0.4) is 0 Å². The van der Waals surface area contributed by atoms with Crippen molar-refractivity contribution in [3.05, 3.63) is 59.7 Å². The van der Waals surface area contributed by atoms with Crippen LogP contribution in [-0.4, -0.2) is 95.6 Å². The number of fused-ring (bicyclic) bond motifs is 2. The molecule has 0 saturated heterocycles. The Hall–Kier alpha value is -3.94. The van der Waals surface area contributed by atoms with Gasteiger partial charge in [-0.1, -0.05) is 48.5 Å². The van der Waals surface area contributed by atoms with E-state index < -0.39 is 11.8 Å². The largest absolute Gasteiger partial charge is 0.343 e. The van der Waals surface area contributed by atoms with E-state index in [4.69, 9.17) is 0 Å². The molecule has 0 aliphatic rings. The lowest BCUT2D eigenvalue weighted by Crippen LogP contribution is -2.46. The van der Waals surface area contributed by atoms with E-state index in [1.807, 2.05) is 104 Å². The Bertz CT molecular complexity index is 1290. The minimum Gasteiger partial charge on any atom is -0.343 e. The zero-order valence-electron chi connectivity index (χ0n) is 29.3. The molecule has 0 fully saturated rings. The summed E-state index contributed by atoms with van der Waals surface area (Å²) in [7, 11) is 0. The van der Waals surface area contributed by atoms with Gasteiger partial charge in [0.2, 0.25) is 23.6 Å². The molecule has 8 heteroatoms. The Balaban J connectivity index is 2.31. The summed E-state index contributed by atoms with van der Waals surface area (Å²) in [5.41, 5.74) is 1.87. The topological polar surface area (TPSA) is 81.2 Å². The van der Waals surface area contributed by atoms with Gasteiger partial charge in [0.15, 0.2) is 0 Å². The summed E-state index contributed by atoms with van der Waals surface area (Å²) in [5.74, 6) is -2.36. The first kappa shape index (κ1) is 36.5. The van der Waals surface area contributed by atoms with Crippen molar-refractivity contribution in [2.45, 2.75) is 68.2 Å². The first-order valence-electron chi connectivity index (χ1n) is 17.2. The molecule has 3 aromatic carbocycles. The smallest absolute Gasteiger partial charge is 0.235 e. The standard InChI is InChI=1S/C38H54N4O4/c1-9-39(10-2)35(43)33(36(44)40(11-3)12-4)25-31-27-21-17-19-23-29(27)32(30-24-20-18-22-28(30)31)26-34(37(45)41(13-5)14-6)38(46)42(15-7)16-8/h17-24,33-34H,9-16,25-26H2,1-8H3. The minimum absolute atomic E-state index is 0.158. The molecule has 0 N–H and O–H groups in total. The van der Waals surface area contributed by atoms with Crippen molar-refractivity contribution < 1.29 is 19.2 Å². The van der Waals surface area contributed by atoms with Crippen molar-refractivity contribution in [3.63, 3.8) is 0 Å². The monoisotopic (exact) mass is 630 g/mol. The van der Waals surface area contributed by atoms with Gasteiger partial charge >= 0.3 is 0 Å². The van der Waals surface area contributed by atoms with Crippen molar-refractivity contribution >= 4 is 45.2 Å². The quantitative estimate of drug-likeness (QED) is 0.148. The SMILES string of the molecule is CCN(CC)C(=O)C(Cc1c2ccccc2c(CC(C(=O)N(CC)CC)C(=O)N(CC)CC)c2ccccc12)C(=O)N(CC)CC. The molecule has 8 nitrogen and oxygen atoms in total. The van der Waals surface area contributed by atoms with E-state index >= 15 is 0 Å². The van der Waals surface area contributed by atoms with E-state index in [1.165, 1.54) is 0 Å². The van der Waals surface area contributed by atoms with Gasteiger partial charge in [0.05, 0.1) is 0 Å². The highest BCUT2D eigenvalue weighted by atomic mass is 16.2. The Morgan fingerprint density at radius 1 is 0.413 bits per heavy atom. The van der Waals surface area contributed by atoms with Crippen LogP contribution < -0.4 is 0 Å². The molecule has 4 amide bonds. The predicted octanol–water partition coefficient (Wildman–Crippen LogP) is 5.78. The lowest BCUT2D eigenvalue weighted by molar-refractivity contribution is -0.148. The number of hydrogen-bond acceptors (Lipinski definition) is 4. The summed E-state index contributed by atoms with van der Waals surface area (Å²) < 4.78 is 0. The van der Waals surface area contributed by atoms with E-state index in [0.29, 0.717) is 52.4 Å². The van der Waals surface area contributed by atoms with Crippen LogP contribution in [0.2, 0.25) is 0 Å². The second-order valence-corrected chi connectivity index (χ2v) is 11.6. The van der Waals surface area contributed by atoms with Gasteiger partial charge in [-0.25, -0.2) is 0 Å². The molecule has 0 saturated carbocycles. The molecule has 0 unspecified atom stereocenters. The number of carbonyl (C=O) groups excluding carboxylic acids is 4. The summed E-state index contributed by atoms with van der Waals surface area (Å²) in [5, 5.41) is 3.74. The Morgan fingerprint density at radius 2 is 0.609 bits per heavy atom. The summed E-state index contributed by atoms with van der Waals surface area (Å²) >= 11 is 0. The fourth-order valence-corrected chi connectivity index (χ4v) is 6.74. The van der Waals surface area contributed by atoms with Crippen LogP contribution in [0.4, 0.5) is 0 Å². The van der Waals surface area contributed by atoms with Crippen LogP contribution in [0, 0.1) is 11.8 Å². The molecule has 3 rings (SSSR count). The van der Waals surface area contributed by atoms with E-state index in [9.17, 15) is 19.2 Å². The second kappa shape index (κ2) is 17.1. The first-order valence-corrected chi connectivity index (χ1v) is 17.2. The van der Waals surface area contributed by atoms with Crippen LogP contribution in [0.5, 0.6) is 0 Å². The molecule has 0 heterocycles. The highest BCUT2D eigenvalue weighted by molar-refractivity contribution is 6.09. The highest BCUT2D eigenvalue weighted by Gasteiger charge is 2.36. The molecule has 0 aliphatic carbocycles. The number of carbonyl (C=O) groups is 4. The van der Waals surface area contributed by atoms with Crippen molar-refractivity contribution in [2.24, 2.45) is 11.8 Å². The molecule has 46 heavy (non-hydrogen) atoms. The number of hydrogen-bond donors (Lipinski definition) is 0. The molecule has 0 bridgehead atoms. The average molecular weight is 631 g/mol. The Kier molecular flexibility index (Phi) is 13.6. The summed E-state index contributed by atoms with van der Waals surface area (Å²) in [6, 6.07) is 16.0. The molecular formula is C38H54N4O4. The van der Waals surface area contributed by atoms with E-state index in [0.717, 1.165) is 32.7 Å². The molecule has 3 aromatic rings. The van der Waals surface area contributed by atoms with Crippen molar-refractivity contribution in [3.8, 4) is 0 Å². The molecular weight excluding hydrogens is 576 g/mol. The maximum absolute atomic E-state index is 14.0. The fraction of sp³-hybridized carbons (Fsp3) is 0.526. The van der Waals surface area contributed by atoms with Gasteiger partial charge in [0.1, 0.15) is 11.8 Å². The minimum atomic E-state index is -0.862. The van der Waals surface area contributed by atoms with Gasteiger partial charge in [0, 0.05) is 52.4 Å². The molecule has 0 atom stereocenters. The second-order valence-electron chi connectivity index (χ2n) is 11.6. The Labute approximate surface area is 275 Å². The average Bonchev–Trinajstić information content (AvgIpc) is 3.08.